The second kappa shape index (κ2) is 5.36. The van der Waals surface area contributed by atoms with Crippen molar-refractivity contribution in [3.63, 3.8) is 0 Å². The second-order valence-corrected chi connectivity index (χ2v) is 6.13. The molecule has 0 spiro atoms. The third-order valence-corrected chi connectivity index (χ3v) is 4.36. The van der Waals surface area contributed by atoms with Gasteiger partial charge in [-0.1, -0.05) is 35.4 Å². The van der Waals surface area contributed by atoms with Gasteiger partial charge in [0.2, 0.25) is 0 Å². The first-order chi connectivity index (χ1) is 11.1. The predicted molar refractivity (Wildman–Crippen MR) is 94.1 cm³/mol. The van der Waals surface area contributed by atoms with Crippen molar-refractivity contribution in [3.05, 3.63) is 71.2 Å². The largest absolute Gasteiger partial charge is 0.354 e. The maximum atomic E-state index is 13.4. The van der Waals surface area contributed by atoms with Crippen LogP contribution in [-0.2, 0) is 6.42 Å². The fourth-order valence-electron chi connectivity index (χ4n) is 2.91. The molecule has 23 heavy (non-hydrogen) atoms. The van der Waals surface area contributed by atoms with Crippen LogP contribution in [0.2, 0.25) is 0 Å². The molecule has 0 atom stereocenters. The van der Waals surface area contributed by atoms with Gasteiger partial charge in [0.05, 0.1) is 5.69 Å². The van der Waals surface area contributed by atoms with Crippen LogP contribution in [-0.4, -0.2) is 10.2 Å². The molecule has 0 saturated heterocycles. The zero-order valence-electron chi connectivity index (χ0n) is 12.5. The Labute approximate surface area is 138 Å². The maximum absolute atomic E-state index is 13.4. The second-order valence-electron chi connectivity index (χ2n) is 5.77. The molecule has 0 amide bonds. The van der Waals surface area contributed by atoms with Gasteiger partial charge >= 0.3 is 0 Å². The van der Waals surface area contributed by atoms with Gasteiger partial charge in [-0.3, -0.25) is 0 Å². The smallest absolute Gasteiger partial charge is 0.138 e. The van der Waals surface area contributed by atoms with E-state index in [4.69, 9.17) is 11.6 Å². The number of allylic oxidation sites excluding steroid dienone is 2. The van der Waals surface area contributed by atoms with Crippen LogP contribution in [0.25, 0.3) is 16.5 Å². The van der Waals surface area contributed by atoms with E-state index in [0.29, 0.717) is 5.17 Å². The lowest BCUT2D eigenvalue weighted by Crippen LogP contribution is -1.93. The van der Waals surface area contributed by atoms with Gasteiger partial charge < -0.3 is 4.98 Å². The molecule has 0 saturated carbocycles. The first kappa shape index (κ1) is 14.2. The van der Waals surface area contributed by atoms with Crippen molar-refractivity contribution in [2.75, 3.05) is 0 Å². The summed E-state index contributed by atoms with van der Waals surface area (Å²) in [6.07, 6.45) is 2.83. The number of hydrogen-bond donors (Lipinski definition) is 1. The lowest BCUT2D eigenvalue weighted by Gasteiger charge is -2.02. The molecule has 4 heteroatoms. The Morgan fingerprint density at radius 2 is 2.00 bits per heavy atom. The van der Waals surface area contributed by atoms with Gasteiger partial charge in [-0.2, -0.15) is 0 Å². The van der Waals surface area contributed by atoms with Crippen molar-refractivity contribution in [1.29, 1.82) is 0 Å². The molecule has 114 valence electrons. The molecule has 0 fully saturated rings. The van der Waals surface area contributed by atoms with Crippen molar-refractivity contribution >= 4 is 38.9 Å². The van der Waals surface area contributed by atoms with E-state index in [-0.39, 0.29) is 5.82 Å². The highest BCUT2D eigenvalue weighted by Crippen LogP contribution is 2.31. The van der Waals surface area contributed by atoms with Crippen LogP contribution < -0.4 is 0 Å². The van der Waals surface area contributed by atoms with Crippen LogP contribution in [0.5, 0.6) is 0 Å². The first-order valence-corrected chi connectivity index (χ1v) is 7.81. The molecule has 1 N–H and O–H groups in total. The monoisotopic (exact) mass is 324 g/mol. The lowest BCUT2D eigenvalue weighted by molar-refractivity contribution is 0.629. The molecule has 2 aromatic carbocycles. The van der Waals surface area contributed by atoms with Gasteiger partial charge in [0.25, 0.3) is 0 Å². The average molecular weight is 325 g/mol. The van der Waals surface area contributed by atoms with Crippen LogP contribution in [0.3, 0.4) is 0 Å². The summed E-state index contributed by atoms with van der Waals surface area (Å²) in [5.41, 5.74) is 5.70. The van der Waals surface area contributed by atoms with Crippen molar-refractivity contribution in [1.82, 2.24) is 4.98 Å². The third-order valence-electron chi connectivity index (χ3n) is 4.08. The van der Waals surface area contributed by atoms with Gasteiger partial charge in [-0.05, 0) is 49.2 Å². The highest BCUT2D eigenvalue weighted by Gasteiger charge is 2.15. The molecule has 2 nitrogen and oxygen atoms in total. The molecule has 0 unspecified atom stereocenters. The topological polar surface area (TPSA) is 28.1 Å². The number of aromatic amines is 1. The third kappa shape index (κ3) is 2.57. The summed E-state index contributed by atoms with van der Waals surface area (Å²) in [7, 11) is 0. The number of nitrogens with zero attached hydrogens (tertiary/aromatic N) is 1. The van der Waals surface area contributed by atoms with Gasteiger partial charge in [-0.15, -0.1) is 0 Å². The summed E-state index contributed by atoms with van der Waals surface area (Å²) in [5, 5.41) is 1.39. The number of nitrogens with one attached hydrogen (secondary N) is 1. The minimum absolute atomic E-state index is 0.261. The molecule has 1 aromatic heterocycles. The van der Waals surface area contributed by atoms with Crippen molar-refractivity contribution < 1.29 is 4.39 Å². The van der Waals surface area contributed by atoms with Gasteiger partial charge in [0.15, 0.2) is 0 Å². The minimum atomic E-state index is -0.261. The molecular formula is C19H14ClFN2. The summed E-state index contributed by atoms with van der Waals surface area (Å²) >= 11 is 6.44. The Hall–Kier alpha value is -2.39. The Morgan fingerprint density at radius 1 is 1.13 bits per heavy atom. The summed E-state index contributed by atoms with van der Waals surface area (Å²) in [5.74, 6) is -0.261. The molecule has 2 heterocycles. The summed E-state index contributed by atoms with van der Waals surface area (Å²) in [6.45, 7) is 2.06. The number of aliphatic imine (C=N–C) groups is 1. The van der Waals surface area contributed by atoms with E-state index in [9.17, 15) is 4.39 Å². The highest BCUT2D eigenvalue weighted by atomic mass is 35.5. The maximum Gasteiger partial charge on any atom is 0.138 e. The molecule has 0 aliphatic carbocycles. The van der Waals surface area contributed by atoms with Crippen molar-refractivity contribution in [2.24, 2.45) is 4.99 Å². The van der Waals surface area contributed by atoms with E-state index in [1.807, 2.05) is 18.2 Å². The number of H-pyrrole nitrogens is 1. The zero-order chi connectivity index (χ0) is 16.0. The fourth-order valence-corrected chi connectivity index (χ4v) is 3.18. The van der Waals surface area contributed by atoms with E-state index >= 15 is 0 Å². The van der Waals surface area contributed by atoms with E-state index in [2.05, 4.69) is 29.0 Å². The van der Waals surface area contributed by atoms with Crippen LogP contribution in [0.4, 0.5) is 10.1 Å². The molecular weight excluding hydrogens is 311 g/mol. The number of benzene rings is 2. The van der Waals surface area contributed by atoms with E-state index in [0.717, 1.165) is 39.8 Å². The predicted octanol–water partition coefficient (Wildman–Crippen LogP) is 5.52. The van der Waals surface area contributed by atoms with Crippen molar-refractivity contribution in [3.8, 4) is 0 Å². The van der Waals surface area contributed by atoms with Gasteiger partial charge in [0.1, 0.15) is 11.0 Å². The van der Waals surface area contributed by atoms with E-state index < -0.39 is 0 Å². The normalized spacial score (nSPS) is 14.2. The number of hydrogen-bond acceptors (Lipinski definition) is 1. The van der Waals surface area contributed by atoms with Crippen LogP contribution in [0, 0.1) is 12.7 Å². The number of aryl methyl sites for hydroxylation is 1. The number of halogens is 2. The van der Waals surface area contributed by atoms with Crippen LogP contribution >= 0.6 is 11.6 Å². The van der Waals surface area contributed by atoms with Gasteiger partial charge in [0, 0.05) is 22.2 Å². The molecule has 4 rings (SSSR count). The lowest BCUT2D eigenvalue weighted by atomic mass is 10.1. The molecule has 0 radical (unpaired) electrons. The van der Waals surface area contributed by atoms with Gasteiger partial charge in [-0.25, -0.2) is 9.38 Å². The molecule has 0 bridgehead atoms. The number of rotatable bonds is 1. The highest BCUT2D eigenvalue weighted by molar-refractivity contribution is 6.76. The molecule has 1 aliphatic rings. The number of aromatic nitrogens is 1. The van der Waals surface area contributed by atoms with Crippen LogP contribution in [0.15, 0.2) is 53.5 Å². The Bertz CT molecular complexity index is 982. The van der Waals surface area contributed by atoms with E-state index in [1.165, 1.54) is 17.7 Å². The fraction of sp³-hybridized carbons (Fsp3) is 0.105. The number of fused-ring (bicyclic) bond motifs is 2. The first-order valence-electron chi connectivity index (χ1n) is 7.43. The van der Waals surface area contributed by atoms with Crippen molar-refractivity contribution in [2.45, 2.75) is 13.3 Å². The standard InChI is InChI=1S/C19H14ClFN2/c1-11-2-7-16-12(8-11)4-6-15(19(20)23-16)18-9-13-3-5-14(21)10-17(13)22-18/h2-3,5-10,22H,4H2,1H3. The zero-order valence-corrected chi connectivity index (χ0v) is 13.3. The van der Waals surface area contributed by atoms with E-state index in [1.54, 1.807) is 6.07 Å². The molecule has 1 aliphatic heterocycles. The summed E-state index contributed by atoms with van der Waals surface area (Å²) < 4.78 is 13.4. The summed E-state index contributed by atoms with van der Waals surface area (Å²) in [6, 6.07) is 12.8. The Balaban J connectivity index is 1.82. The van der Waals surface area contributed by atoms with Crippen LogP contribution in [0.1, 0.15) is 16.8 Å². The average Bonchev–Trinajstić information content (AvgIpc) is 2.84. The summed E-state index contributed by atoms with van der Waals surface area (Å²) in [4.78, 5) is 7.77. The quantitative estimate of drug-likeness (QED) is 0.610. The Morgan fingerprint density at radius 3 is 2.87 bits per heavy atom. The SMILES string of the molecule is Cc1ccc2c(c1)CC=C(c1cc3ccc(F)cc3[nH]1)C(Cl)=N2. The Kier molecular flexibility index (Phi) is 3.31. The molecule has 3 aromatic rings. The minimum Gasteiger partial charge on any atom is -0.354 e.